The Balaban J connectivity index is 2.44. The topological polar surface area (TPSA) is 125 Å². The van der Waals surface area contributed by atoms with Crippen LogP contribution < -0.4 is 11.1 Å². The zero-order chi connectivity index (χ0) is 15.1. The van der Waals surface area contributed by atoms with Crippen LogP contribution in [0.5, 0.6) is 0 Å². The monoisotopic (exact) mass is 288 g/mol. The SMILES string of the molecule is CN1CCOC(CNC(=O)N(CC(N)=O)CC(=O)O)C1. The van der Waals surface area contributed by atoms with Crippen LogP contribution in [0.25, 0.3) is 0 Å². The molecule has 1 heterocycles. The number of nitrogens with one attached hydrogen (secondary N) is 1. The summed E-state index contributed by atoms with van der Waals surface area (Å²) in [6.07, 6.45) is -0.155. The van der Waals surface area contributed by atoms with Gasteiger partial charge in [0.25, 0.3) is 0 Å². The highest BCUT2D eigenvalue weighted by atomic mass is 16.5. The van der Waals surface area contributed by atoms with Crippen molar-refractivity contribution in [2.24, 2.45) is 5.73 Å². The van der Waals surface area contributed by atoms with Crippen LogP contribution in [0.1, 0.15) is 0 Å². The maximum absolute atomic E-state index is 11.8. The number of carbonyl (C=O) groups excluding carboxylic acids is 2. The minimum atomic E-state index is -1.21. The van der Waals surface area contributed by atoms with Crippen molar-refractivity contribution in [1.29, 1.82) is 0 Å². The second kappa shape index (κ2) is 7.65. The van der Waals surface area contributed by atoms with Crippen LogP contribution in [-0.4, -0.2) is 85.3 Å². The summed E-state index contributed by atoms with van der Waals surface area (Å²) >= 11 is 0. The first kappa shape index (κ1) is 16.2. The second-order valence-electron chi connectivity index (χ2n) is 4.66. The predicted molar refractivity (Wildman–Crippen MR) is 69.0 cm³/mol. The maximum Gasteiger partial charge on any atom is 0.323 e. The van der Waals surface area contributed by atoms with Crippen molar-refractivity contribution in [1.82, 2.24) is 15.1 Å². The zero-order valence-electron chi connectivity index (χ0n) is 11.4. The number of nitrogens with two attached hydrogens (primary N) is 1. The lowest BCUT2D eigenvalue weighted by molar-refractivity contribution is -0.137. The number of carboxylic acid groups (broad SMARTS) is 1. The minimum Gasteiger partial charge on any atom is -0.480 e. The number of carboxylic acids is 1. The molecule has 0 saturated carbocycles. The van der Waals surface area contributed by atoms with E-state index in [1.165, 1.54) is 0 Å². The highest BCUT2D eigenvalue weighted by Gasteiger charge is 2.22. The number of primary amides is 1. The number of hydrogen-bond acceptors (Lipinski definition) is 5. The molecule has 3 amide bonds. The first-order valence-corrected chi connectivity index (χ1v) is 6.21. The largest absolute Gasteiger partial charge is 0.480 e. The molecule has 1 aliphatic heterocycles. The van der Waals surface area contributed by atoms with Crippen LogP contribution in [-0.2, 0) is 14.3 Å². The van der Waals surface area contributed by atoms with E-state index in [-0.39, 0.29) is 12.6 Å². The van der Waals surface area contributed by atoms with E-state index in [2.05, 4.69) is 10.2 Å². The van der Waals surface area contributed by atoms with E-state index in [9.17, 15) is 14.4 Å². The van der Waals surface area contributed by atoms with E-state index in [1.807, 2.05) is 7.05 Å². The van der Waals surface area contributed by atoms with Crippen LogP contribution in [0.2, 0.25) is 0 Å². The Bertz CT molecular complexity index is 360. The molecule has 0 radical (unpaired) electrons. The van der Waals surface area contributed by atoms with Crippen molar-refractivity contribution in [3.8, 4) is 0 Å². The third-order valence-corrected chi connectivity index (χ3v) is 2.78. The van der Waals surface area contributed by atoms with Crippen LogP contribution in [0.4, 0.5) is 4.79 Å². The number of ether oxygens (including phenoxy) is 1. The molecule has 0 aromatic heterocycles. The summed E-state index contributed by atoms with van der Waals surface area (Å²) in [5, 5.41) is 11.2. The van der Waals surface area contributed by atoms with Gasteiger partial charge in [0.05, 0.1) is 12.7 Å². The van der Waals surface area contributed by atoms with Gasteiger partial charge in [-0.2, -0.15) is 0 Å². The Morgan fingerprint density at radius 2 is 2.15 bits per heavy atom. The van der Waals surface area contributed by atoms with Gasteiger partial charge in [0.15, 0.2) is 0 Å². The Morgan fingerprint density at radius 3 is 2.70 bits per heavy atom. The van der Waals surface area contributed by atoms with Crippen molar-refractivity contribution in [3.63, 3.8) is 0 Å². The summed E-state index contributed by atoms with van der Waals surface area (Å²) in [5.74, 6) is -1.98. The number of urea groups is 1. The fourth-order valence-electron chi connectivity index (χ4n) is 1.85. The highest BCUT2D eigenvalue weighted by molar-refractivity contribution is 5.85. The smallest absolute Gasteiger partial charge is 0.323 e. The predicted octanol–water partition coefficient (Wildman–Crippen LogP) is -2.10. The number of aliphatic carboxylic acids is 1. The highest BCUT2D eigenvalue weighted by Crippen LogP contribution is 2.02. The molecule has 1 aliphatic rings. The summed E-state index contributed by atoms with van der Waals surface area (Å²) in [7, 11) is 1.95. The van der Waals surface area contributed by atoms with Gasteiger partial charge in [0, 0.05) is 19.6 Å². The number of likely N-dealkylation sites (N-methyl/N-ethyl adjacent to an activating group) is 1. The van der Waals surface area contributed by atoms with Gasteiger partial charge in [0.2, 0.25) is 5.91 Å². The average Bonchev–Trinajstić information content (AvgIpc) is 2.34. The Morgan fingerprint density at radius 1 is 1.45 bits per heavy atom. The molecule has 0 aliphatic carbocycles. The molecule has 20 heavy (non-hydrogen) atoms. The summed E-state index contributed by atoms with van der Waals surface area (Å²) in [6, 6.07) is -0.650. The number of amides is 3. The standard InChI is InChI=1S/C11H20N4O5/c1-14-2-3-20-8(5-14)4-13-11(19)15(6-9(12)16)7-10(17)18/h8H,2-7H2,1H3,(H2,12,16)(H,13,19)(H,17,18). The van der Waals surface area contributed by atoms with Crippen LogP contribution in [0, 0.1) is 0 Å². The Kier molecular flexibility index (Phi) is 6.19. The quantitative estimate of drug-likeness (QED) is 0.514. The number of nitrogens with zero attached hydrogens (tertiary/aromatic N) is 2. The van der Waals surface area contributed by atoms with E-state index in [0.29, 0.717) is 13.2 Å². The molecule has 0 aromatic carbocycles. The van der Waals surface area contributed by atoms with Crippen molar-refractivity contribution in [2.75, 3.05) is 46.4 Å². The van der Waals surface area contributed by atoms with E-state index in [0.717, 1.165) is 11.4 Å². The van der Waals surface area contributed by atoms with Gasteiger partial charge in [-0.3, -0.25) is 9.59 Å². The molecule has 0 spiro atoms. The first-order chi connectivity index (χ1) is 9.38. The normalized spacial score (nSPS) is 19.4. The zero-order valence-corrected chi connectivity index (χ0v) is 11.4. The van der Waals surface area contributed by atoms with E-state index in [4.69, 9.17) is 15.6 Å². The fourth-order valence-corrected chi connectivity index (χ4v) is 1.85. The third kappa shape index (κ3) is 5.85. The average molecular weight is 288 g/mol. The van der Waals surface area contributed by atoms with Crippen LogP contribution >= 0.6 is 0 Å². The van der Waals surface area contributed by atoms with Gasteiger partial charge < -0.3 is 30.7 Å². The molecule has 0 aromatic rings. The summed E-state index contributed by atoms with van der Waals surface area (Å²) < 4.78 is 5.46. The molecule has 1 atom stereocenters. The lowest BCUT2D eigenvalue weighted by atomic mass is 10.3. The molecule has 1 fully saturated rings. The molecule has 0 bridgehead atoms. The number of hydrogen-bond donors (Lipinski definition) is 3. The number of rotatable bonds is 6. The van der Waals surface area contributed by atoms with Crippen molar-refractivity contribution < 1.29 is 24.2 Å². The molecule has 114 valence electrons. The number of carbonyl (C=O) groups is 3. The molecule has 1 saturated heterocycles. The van der Waals surface area contributed by atoms with E-state index < -0.39 is 31.0 Å². The molecule has 9 heteroatoms. The molecular formula is C11H20N4O5. The molecule has 4 N–H and O–H groups in total. The second-order valence-corrected chi connectivity index (χ2v) is 4.66. The van der Waals surface area contributed by atoms with Gasteiger partial charge in [-0.05, 0) is 7.05 Å². The molecular weight excluding hydrogens is 268 g/mol. The lowest BCUT2D eigenvalue weighted by Crippen LogP contribution is -2.51. The summed E-state index contributed by atoms with van der Waals surface area (Å²) in [6.45, 7) is 1.31. The maximum atomic E-state index is 11.8. The van der Waals surface area contributed by atoms with Crippen molar-refractivity contribution in [2.45, 2.75) is 6.10 Å². The van der Waals surface area contributed by atoms with Crippen molar-refractivity contribution in [3.05, 3.63) is 0 Å². The number of morpholine rings is 1. The van der Waals surface area contributed by atoms with Crippen molar-refractivity contribution >= 4 is 17.9 Å². The lowest BCUT2D eigenvalue weighted by Gasteiger charge is -2.30. The minimum absolute atomic E-state index is 0.155. The van der Waals surface area contributed by atoms with Gasteiger partial charge in [0.1, 0.15) is 13.1 Å². The molecule has 1 rings (SSSR count). The Hall–Kier alpha value is -1.87. The van der Waals surface area contributed by atoms with E-state index in [1.54, 1.807) is 0 Å². The van der Waals surface area contributed by atoms with Gasteiger partial charge >= 0.3 is 12.0 Å². The van der Waals surface area contributed by atoms with Gasteiger partial charge in [-0.15, -0.1) is 0 Å². The van der Waals surface area contributed by atoms with Gasteiger partial charge in [-0.25, -0.2) is 4.79 Å². The summed E-state index contributed by atoms with van der Waals surface area (Å²) in [4.78, 5) is 36.2. The Labute approximate surface area is 116 Å². The fraction of sp³-hybridized carbons (Fsp3) is 0.727. The third-order valence-electron chi connectivity index (χ3n) is 2.78. The van der Waals surface area contributed by atoms with Crippen LogP contribution in [0.15, 0.2) is 0 Å². The van der Waals surface area contributed by atoms with E-state index >= 15 is 0 Å². The van der Waals surface area contributed by atoms with Gasteiger partial charge in [-0.1, -0.05) is 0 Å². The first-order valence-electron chi connectivity index (χ1n) is 6.21. The molecule has 1 unspecified atom stereocenters. The summed E-state index contributed by atoms with van der Waals surface area (Å²) in [5.41, 5.74) is 4.98. The molecule has 9 nitrogen and oxygen atoms in total. The van der Waals surface area contributed by atoms with Crippen LogP contribution in [0.3, 0.4) is 0 Å².